The normalized spacial score (nSPS) is 12.0. The summed E-state index contributed by atoms with van der Waals surface area (Å²) < 4.78 is 12.6. The quantitative estimate of drug-likeness (QED) is 0.844. The number of anilines is 1. The fourth-order valence-corrected chi connectivity index (χ4v) is 1.23. The molecule has 0 aliphatic heterocycles. The third-order valence-electron chi connectivity index (χ3n) is 2.31. The van der Waals surface area contributed by atoms with E-state index in [1.165, 1.54) is 12.1 Å². The molecule has 1 aromatic heterocycles. The van der Waals surface area contributed by atoms with E-state index < -0.39 is 5.82 Å². The second-order valence-electron chi connectivity index (χ2n) is 3.58. The molecule has 0 aromatic carbocycles. The van der Waals surface area contributed by atoms with Gasteiger partial charge >= 0.3 is 0 Å². The molecule has 0 aliphatic carbocycles. The zero-order chi connectivity index (χ0) is 12.1. The predicted molar refractivity (Wildman–Crippen MR) is 60.6 cm³/mol. The summed E-state index contributed by atoms with van der Waals surface area (Å²) in [6.07, 6.45) is 1.11. The highest BCUT2D eigenvalue weighted by molar-refractivity contribution is 5.83. The van der Waals surface area contributed by atoms with E-state index >= 15 is 0 Å². The van der Waals surface area contributed by atoms with Crippen molar-refractivity contribution in [3.05, 3.63) is 24.1 Å². The SMILES string of the molecule is CCN(C)C(=O)C(C)Nc1ccc(F)cn1. The van der Waals surface area contributed by atoms with E-state index in [-0.39, 0.29) is 11.9 Å². The lowest BCUT2D eigenvalue weighted by molar-refractivity contribution is -0.130. The number of rotatable bonds is 4. The maximum Gasteiger partial charge on any atom is 0.244 e. The summed E-state index contributed by atoms with van der Waals surface area (Å²) in [6.45, 7) is 4.31. The van der Waals surface area contributed by atoms with Gasteiger partial charge in [0.25, 0.3) is 0 Å². The molecule has 0 radical (unpaired) electrons. The Balaban J connectivity index is 2.60. The minimum Gasteiger partial charge on any atom is -0.359 e. The van der Waals surface area contributed by atoms with Gasteiger partial charge in [0.1, 0.15) is 17.7 Å². The molecule has 88 valence electrons. The first kappa shape index (κ1) is 12.4. The van der Waals surface area contributed by atoms with Crippen LogP contribution in [-0.2, 0) is 4.79 Å². The molecule has 1 rings (SSSR count). The molecule has 1 aromatic rings. The second kappa shape index (κ2) is 5.44. The van der Waals surface area contributed by atoms with E-state index in [4.69, 9.17) is 0 Å². The van der Waals surface area contributed by atoms with Crippen LogP contribution in [0.3, 0.4) is 0 Å². The second-order valence-corrected chi connectivity index (χ2v) is 3.58. The summed E-state index contributed by atoms with van der Waals surface area (Å²) in [7, 11) is 1.73. The smallest absolute Gasteiger partial charge is 0.244 e. The van der Waals surface area contributed by atoms with Crippen LogP contribution in [-0.4, -0.2) is 35.4 Å². The Bertz CT molecular complexity index is 353. The number of nitrogens with zero attached hydrogens (tertiary/aromatic N) is 2. The third-order valence-corrected chi connectivity index (χ3v) is 2.31. The van der Waals surface area contributed by atoms with Crippen LogP contribution in [0.4, 0.5) is 10.2 Å². The van der Waals surface area contributed by atoms with Crippen molar-refractivity contribution in [2.24, 2.45) is 0 Å². The number of halogens is 1. The predicted octanol–water partition coefficient (Wildman–Crippen LogP) is 1.50. The van der Waals surface area contributed by atoms with Crippen molar-refractivity contribution in [3.8, 4) is 0 Å². The zero-order valence-electron chi connectivity index (χ0n) is 9.70. The summed E-state index contributed by atoms with van der Waals surface area (Å²) in [6, 6.07) is 2.43. The number of amides is 1. The maximum absolute atomic E-state index is 12.6. The van der Waals surface area contributed by atoms with Crippen molar-refractivity contribution in [1.82, 2.24) is 9.88 Å². The average molecular weight is 225 g/mol. The number of carbonyl (C=O) groups is 1. The number of hydrogen-bond donors (Lipinski definition) is 1. The molecule has 0 spiro atoms. The monoisotopic (exact) mass is 225 g/mol. The molecule has 0 aliphatic rings. The Hall–Kier alpha value is -1.65. The van der Waals surface area contributed by atoms with Gasteiger partial charge < -0.3 is 10.2 Å². The molecule has 1 atom stereocenters. The summed E-state index contributed by atoms with van der Waals surface area (Å²) in [5.74, 6) is 0.0792. The number of likely N-dealkylation sites (N-methyl/N-ethyl adjacent to an activating group) is 1. The molecule has 0 fully saturated rings. The highest BCUT2D eigenvalue weighted by Crippen LogP contribution is 2.06. The van der Waals surface area contributed by atoms with Gasteiger partial charge in [0, 0.05) is 13.6 Å². The lowest BCUT2D eigenvalue weighted by Crippen LogP contribution is -2.39. The van der Waals surface area contributed by atoms with E-state index in [0.717, 1.165) is 6.20 Å². The molecule has 0 bridgehead atoms. The Morgan fingerprint density at radius 3 is 2.81 bits per heavy atom. The van der Waals surface area contributed by atoms with Crippen LogP contribution in [0.2, 0.25) is 0 Å². The fraction of sp³-hybridized carbons (Fsp3) is 0.455. The van der Waals surface area contributed by atoms with Crippen molar-refractivity contribution in [3.63, 3.8) is 0 Å². The summed E-state index contributed by atoms with van der Waals surface area (Å²) >= 11 is 0. The van der Waals surface area contributed by atoms with Gasteiger partial charge in [-0.15, -0.1) is 0 Å². The Morgan fingerprint density at radius 2 is 2.31 bits per heavy atom. The van der Waals surface area contributed by atoms with Gasteiger partial charge in [-0.25, -0.2) is 9.37 Å². The molecule has 16 heavy (non-hydrogen) atoms. The van der Waals surface area contributed by atoms with Crippen LogP contribution >= 0.6 is 0 Å². The number of carbonyl (C=O) groups excluding carboxylic acids is 1. The van der Waals surface area contributed by atoms with Gasteiger partial charge in [0.2, 0.25) is 5.91 Å². The topological polar surface area (TPSA) is 45.2 Å². The summed E-state index contributed by atoms with van der Waals surface area (Å²) in [4.78, 5) is 17.1. The van der Waals surface area contributed by atoms with Crippen LogP contribution in [0.5, 0.6) is 0 Å². The lowest BCUT2D eigenvalue weighted by Gasteiger charge is -2.20. The van der Waals surface area contributed by atoms with Crippen LogP contribution in [0.1, 0.15) is 13.8 Å². The van der Waals surface area contributed by atoms with Crippen LogP contribution in [0.25, 0.3) is 0 Å². The summed E-state index contributed by atoms with van der Waals surface area (Å²) in [5.41, 5.74) is 0. The van der Waals surface area contributed by atoms with Gasteiger partial charge in [-0.3, -0.25) is 4.79 Å². The van der Waals surface area contributed by atoms with Gasteiger partial charge in [-0.05, 0) is 26.0 Å². The van der Waals surface area contributed by atoms with E-state index in [0.29, 0.717) is 12.4 Å². The van der Waals surface area contributed by atoms with Gasteiger partial charge in [-0.1, -0.05) is 0 Å². The number of nitrogens with one attached hydrogen (secondary N) is 1. The molecule has 1 amide bonds. The third kappa shape index (κ3) is 3.18. The van der Waals surface area contributed by atoms with Crippen molar-refractivity contribution in [2.45, 2.75) is 19.9 Å². The Morgan fingerprint density at radius 1 is 1.62 bits per heavy atom. The molecular weight excluding hydrogens is 209 g/mol. The standard InChI is InChI=1S/C11H16FN3O/c1-4-15(3)11(16)8(2)14-10-6-5-9(12)7-13-10/h5-8H,4H2,1-3H3,(H,13,14). The first-order valence-electron chi connectivity index (χ1n) is 5.17. The fourth-order valence-electron chi connectivity index (χ4n) is 1.23. The molecule has 1 heterocycles. The minimum absolute atomic E-state index is 0.0198. The van der Waals surface area contributed by atoms with E-state index in [1.54, 1.807) is 18.9 Å². The van der Waals surface area contributed by atoms with Gasteiger partial charge in [0.15, 0.2) is 0 Å². The van der Waals surface area contributed by atoms with Crippen molar-refractivity contribution in [2.75, 3.05) is 18.9 Å². The molecule has 0 saturated carbocycles. The average Bonchev–Trinajstić information content (AvgIpc) is 2.30. The molecule has 1 N–H and O–H groups in total. The van der Waals surface area contributed by atoms with Gasteiger partial charge in [-0.2, -0.15) is 0 Å². The highest BCUT2D eigenvalue weighted by atomic mass is 19.1. The van der Waals surface area contributed by atoms with E-state index in [9.17, 15) is 9.18 Å². The Labute approximate surface area is 94.5 Å². The van der Waals surface area contributed by atoms with Crippen LogP contribution in [0.15, 0.2) is 18.3 Å². The van der Waals surface area contributed by atoms with Crippen molar-refractivity contribution in [1.29, 1.82) is 0 Å². The molecule has 5 heteroatoms. The number of pyridine rings is 1. The highest BCUT2D eigenvalue weighted by Gasteiger charge is 2.16. The first-order chi connectivity index (χ1) is 7.54. The lowest BCUT2D eigenvalue weighted by atomic mass is 10.3. The molecule has 1 unspecified atom stereocenters. The first-order valence-corrected chi connectivity index (χ1v) is 5.17. The molecule has 0 saturated heterocycles. The minimum atomic E-state index is -0.393. The van der Waals surface area contributed by atoms with Gasteiger partial charge in [0.05, 0.1) is 6.20 Å². The van der Waals surface area contributed by atoms with E-state index in [2.05, 4.69) is 10.3 Å². The summed E-state index contributed by atoms with van der Waals surface area (Å²) in [5, 5.41) is 2.92. The van der Waals surface area contributed by atoms with Crippen LogP contribution in [0, 0.1) is 5.82 Å². The van der Waals surface area contributed by atoms with Crippen molar-refractivity contribution < 1.29 is 9.18 Å². The largest absolute Gasteiger partial charge is 0.359 e. The number of aromatic nitrogens is 1. The maximum atomic E-state index is 12.6. The van der Waals surface area contributed by atoms with Crippen molar-refractivity contribution >= 4 is 11.7 Å². The zero-order valence-corrected chi connectivity index (χ0v) is 9.70. The van der Waals surface area contributed by atoms with Crippen LogP contribution < -0.4 is 5.32 Å². The van der Waals surface area contributed by atoms with E-state index in [1.807, 2.05) is 6.92 Å². The number of hydrogen-bond acceptors (Lipinski definition) is 3. The molecule has 4 nitrogen and oxygen atoms in total. The molecular formula is C11H16FN3O. The Kier molecular flexibility index (Phi) is 4.22.